The topological polar surface area (TPSA) is 24.3 Å². The third kappa shape index (κ3) is 5.62. The maximum Gasteiger partial charge on any atom is 0.123 e. The van der Waals surface area contributed by atoms with Crippen LogP contribution in [0.5, 0.6) is 0 Å². The maximum absolute atomic E-state index is 13.5. The van der Waals surface area contributed by atoms with Crippen molar-refractivity contribution in [3.8, 4) is 5.69 Å². The molecular formula is C29H29FN4. The average molecular weight is 453 g/mol. The van der Waals surface area contributed by atoms with Crippen molar-refractivity contribution in [3.63, 3.8) is 0 Å². The molecule has 0 saturated carbocycles. The van der Waals surface area contributed by atoms with Gasteiger partial charge in [-0.25, -0.2) is 9.07 Å². The zero-order chi connectivity index (χ0) is 24.1. The largest absolute Gasteiger partial charge is 0.378 e. The Hall–Kier alpha value is -4.12. The van der Waals surface area contributed by atoms with E-state index in [9.17, 15) is 4.39 Å². The second kappa shape index (κ2) is 10.2. The lowest BCUT2D eigenvalue weighted by molar-refractivity contribution is 0.627. The molecule has 0 N–H and O–H groups in total. The summed E-state index contributed by atoms with van der Waals surface area (Å²) in [6.07, 6.45) is 8.13. The number of rotatable bonds is 7. The summed E-state index contributed by atoms with van der Waals surface area (Å²) in [7, 11) is 8.10. The predicted octanol–water partition coefficient (Wildman–Crippen LogP) is 6.48. The number of hydrogen-bond donors (Lipinski definition) is 0. The number of halogens is 1. The van der Waals surface area contributed by atoms with Crippen molar-refractivity contribution in [2.75, 3.05) is 38.0 Å². The normalized spacial score (nSPS) is 11.4. The quantitative estimate of drug-likeness (QED) is 0.321. The fraction of sp³-hybridized carbons (Fsp3) is 0.138. The van der Waals surface area contributed by atoms with Crippen molar-refractivity contribution < 1.29 is 4.39 Å². The molecule has 0 radical (unpaired) electrons. The third-order valence-corrected chi connectivity index (χ3v) is 5.54. The van der Waals surface area contributed by atoms with Gasteiger partial charge in [0, 0.05) is 39.6 Å². The summed E-state index contributed by atoms with van der Waals surface area (Å²) in [5, 5.41) is 4.76. The molecule has 1 aromatic heterocycles. The molecule has 4 aromatic rings. The minimum absolute atomic E-state index is 0.268. The average Bonchev–Trinajstić information content (AvgIpc) is 3.25. The van der Waals surface area contributed by atoms with E-state index in [0.717, 1.165) is 39.6 Å². The van der Waals surface area contributed by atoms with Crippen LogP contribution in [0.1, 0.15) is 22.5 Å². The number of nitrogens with zero attached hydrogens (tertiary/aromatic N) is 4. The Morgan fingerprint density at radius 3 is 1.65 bits per heavy atom. The molecule has 0 aliphatic carbocycles. The van der Waals surface area contributed by atoms with Gasteiger partial charge in [0.1, 0.15) is 5.82 Å². The van der Waals surface area contributed by atoms with Gasteiger partial charge < -0.3 is 9.80 Å². The molecule has 0 unspecified atom stereocenters. The molecule has 4 rings (SSSR count). The minimum atomic E-state index is -0.268. The third-order valence-electron chi connectivity index (χ3n) is 5.54. The van der Waals surface area contributed by atoms with Gasteiger partial charge in [0.25, 0.3) is 0 Å². The van der Waals surface area contributed by atoms with Crippen LogP contribution in [-0.4, -0.2) is 38.0 Å². The van der Waals surface area contributed by atoms with Crippen LogP contribution in [0.15, 0.2) is 78.9 Å². The fourth-order valence-corrected chi connectivity index (χ4v) is 3.53. The maximum atomic E-state index is 13.5. The first-order valence-electron chi connectivity index (χ1n) is 11.2. The Bertz CT molecular complexity index is 1280. The van der Waals surface area contributed by atoms with E-state index in [-0.39, 0.29) is 5.82 Å². The van der Waals surface area contributed by atoms with E-state index in [2.05, 4.69) is 64.4 Å². The number of hydrogen-bond acceptors (Lipinski definition) is 3. The van der Waals surface area contributed by atoms with Gasteiger partial charge in [0.2, 0.25) is 0 Å². The molecular weight excluding hydrogens is 423 g/mol. The lowest BCUT2D eigenvalue weighted by Crippen LogP contribution is -2.07. The Labute approximate surface area is 200 Å². The van der Waals surface area contributed by atoms with Crippen LogP contribution in [0, 0.1) is 5.82 Å². The molecule has 0 atom stereocenters. The highest BCUT2D eigenvalue weighted by Gasteiger charge is 2.07. The summed E-state index contributed by atoms with van der Waals surface area (Å²) in [4.78, 5) is 4.15. The standard InChI is InChI=1S/C29H29FN4/c1-32(2)26-14-6-22(7-15-26)5-13-25-21-29(34(31-25)28-19-11-24(30)12-20-28)18-10-23-8-16-27(17-9-23)33(3)4/h5-21H,1-4H3/b13-5+,18-10+. The lowest BCUT2D eigenvalue weighted by Gasteiger charge is -2.11. The molecule has 172 valence electrons. The van der Waals surface area contributed by atoms with Crippen LogP contribution in [0.3, 0.4) is 0 Å². The van der Waals surface area contributed by atoms with Crippen LogP contribution in [0.4, 0.5) is 15.8 Å². The van der Waals surface area contributed by atoms with Crippen molar-refractivity contribution in [1.29, 1.82) is 0 Å². The molecule has 0 aliphatic heterocycles. The molecule has 4 nitrogen and oxygen atoms in total. The van der Waals surface area contributed by atoms with Crippen molar-refractivity contribution in [1.82, 2.24) is 9.78 Å². The zero-order valence-corrected chi connectivity index (χ0v) is 20.0. The van der Waals surface area contributed by atoms with Crippen LogP contribution in [0.25, 0.3) is 30.0 Å². The van der Waals surface area contributed by atoms with Gasteiger partial charge in [-0.1, -0.05) is 36.4 Å². The number of anilines is 2. The van der Waals surface area contributed by atoms with Gasteiger partial charge in [0.15, 0.2) is 0 Å². The summed E-state index contributed by atoms with van der Waals surface area (Å²) in [6, 6.07) is 25.1. The van der Waals surface area contributed by atoms with Crippen molar-refractivity contribution >= 4 is 35.7 Å². The summed E-state index contributed by atoms with van der Waals surface area (Å²) in [5.74, 6) is -0.268. The first-order chi connectivity index (χ1) is 16.4. The molecule has 0 bridgehead atoms. The molecule has 0 aliphatic rings. The number of aromatic nitrogens is 2. The van der Waals surface area contributed by atoms with E-state index >= 15 is 0 Å². The highest BCUT2D eigenvalue weighted by Crippen LogP contribution is 2.20. The second-order valence-electron chi connectivity index (χ2n) is 8.52. The van der Waals surface area contributed by atoms with E-state index in [1.165, 1.54) is 12.1 Å². The van der Waals surface area contributed by atoms with Gasteiger partial charge in [-0.05, 0) is 77.9 Å². The Morgan fingerprint density at radius 1 is 0.647 bits per heavy atom. The highest BCUT2D eigenvalue weighted by molar-refractivity contribution is 5.74. The predicted molar refractivity (Wildman–Crippen MR) is 143 cm³/mol. The second-order valence-corrected chi connectivity index (χ2v) is 8.52. The summed E-state index contributed by atoms with van der Waals surface area (Å²) in [5.41, 5.74) is 7.03. The van der Waals surface area contributed by atoms with Crippen LogP contribution >= 0.6 is 0 Å². The van der Waals surface area contributed by atoms with Crippen LogP contribution in [-0.2, 0) is 0 Å². The monoisotopic (exact) mass is 452 g/mol. The first-order valence-corrected chi connectivity index (χ1v) is 11.2. The van der Waals surface area contributed by atoms with Crippen LogP contribution < -0.4 is 9.80 Å². The van der Waals surface area contributed by atoms with E-state index in [1.54, 1.807) is 12.1 Å². The first kappa shape index (κ1) is 23.1. The summed E-state index contributed by atoms with van der Waals surface area (Å²) < 4.78 is 15.3. The SMILES string of the molecule is CN(C)c1ccc(/C=C/c2cc(/C=C/c3ccc(N(C)C)cc3)n(-c3ccc(F)cc3)n2)cc1. The minimum Gasteiger partial charge on any atom is -0.378 e. The van der Waals surface area contributed by atoms with Crippen LogP contribution in [0.2, 0.25) is 0 Å². The Balaban J connectivity index is 1.63. The summed E-state index contributed by atoms with van der Waals surface area (Å²) >= 11 is 0. The molecule has 3 aromatic carbocycles. The van der Waals surface area contributed by atoms with E-state index in [4.69, 9.17) is 5.10 Å². The van der Waals surface area contributed by atoms with Gasteiger partial charge in [-0.3, -0.25) is 0 Å². The lowest BCUT2D eigenvalue weighted by atomic mass is 10.1. The smallest absolute Gasteiger partial charge is 0.123 e. The van der Waals surface area contributed by atoms with Gasteiger partial charge >= 0.3 is 0 Å². The Morgan fingerprint density at radius 2 is 1.15 bits per heavy atom. The number of benzene rings is 3. The van der Waals surface area contributed by atoms with Crippen molar-refractivity contribution in [2.45, 2.75) is 0 Å². The Kier molecular flexibility index (Phi) is 6.93. The molecule has 34 heavy (non-hydrogen) atoms. The van der Waals surface area contributed by atoms with E-state index < -0.39 is 0 Å². The van der Waals surface area contributed by atoms with Gasteiger partial charge in [-0.2, -0.15) is 5.10 Å². The van der Waals surface area contributed by atoms with E-state index in [0.29, 0.717) is 0 Å². The molecule has 0 amide bonds. The zero-order valence-electron chi connectivity index (χ0n) is 20.0. The molecule has 0 fully saturated rings. The van der Waals surface area contributed by atoms with Crippen molar-refractivity contribution in [2.24, 2.45) is 0 Å². The van der Waals surface area contributed by atoms with Crippen molar-refractivity contribution in [3.05, 3.63) is 107 Å². The van der Waals surface area contributed by atoms with E-state index in [1.807, 2.05) is 57.2 Å². The highest BCUT2D eigenvalue weighted by atomic mass is 19.1. The molecule has 5 heteroatoms. The molecule has 0 spiro atoms. The van der Waals surface area contributed by atoms with Gasteiger partial charge in [-0.15, -0.1) is 0 Å². The summed E-state index contributed by atoms with van der Waals surface area (Å²) in [6.45, 7) is 0. The molecule has 0 saturated heterocycles. The fourth-order valence-electron chi connectivity index (χ4n) is 3.53. The van der Waals surface area contributed by atoms with Gasteiger partial charge in [0.05, 0.1) is 17.1 Å². The molecule has 1 heterocycles.